The lowest BCUT2D eigenvalue weighted by atomic mass is 10.2. The summed E-state index contributed by atoms with van der Waals surface area (Å²) in [7, 11) is 0. The first-order chi connectivity index (χ1) is 10.2. The minimum Gasteiger partial charge on any atom is -0.471 e. The number of benzene rings is 1. The SMILES string of the molecule is Cc1ccccc1OCn1ccc(C(=O)NCCCO)n1. The molecule has 0 bridgehead atoms. The molecule has 1 aromatic heterocycles. The van der Waals surface area contributed by atoms with Gasteiger partial charge in [0, 0.05) is 19.3 Å². The second-order valence-electron chi connectivity index (χ2n) is 4.61. The van der Waals surface area contributed by atoms with Crippen LogP contribution in [0.5, 0.6) is 5.75 Å². The van der Waals surface area contributed by atoms with Gasteiger partial charge in [-0.1, -0.05) is 18.2 Å². The number of amides is 1. The molecule has 6 nitrogen and oxygen atoms in total. The number of aryl methyl sites for hydroxylation is 1. The molecule has 0 atom stereocenters. The zero-order valence-corrected chi connectivity index (χ0v) is 12.0. The molecule has 21 heavy (non-hydrogen) atoms. The van der Waals surface area contributed by atoms with Crippen molar-refractivity contribution < 1.29 is 14.6 Å². The van der Waals surface area contributed by atoms with Gasteiger partial charge in [0.25, 0.3) is 5.91 Å². The van der Waals surface area contributed by atoms with Crippen molar-refractivity contribution in [2.75, 3.05) is 13.2 Å². The largest absolute Gasteiger partial charge is 0.471 e. The van der Waals surface area contributed by atoms with Crippen molar-refractivity contribution in [2.45, 2.75) is 20.1 Å². The highest BCUT2D eigenvalue weighted by Gasteiger charge is 2.08. The Kier molecular flexibility index (Phi) is 5.34. The maximum atomic E-state index is 11.8. The molecule has 0 aliphatic rings. The highest BCUT2D eigenvalue weighted by atomic mass is 16.5. The first kappa shape index (κ1) is 15.1. The quantitative estimate of drug-likeness (QED) is 0.754. The Balaban J connectivity index is 1.88. The van der Waals surface area contributed by atoms with E-state index in [1.54, 1.807) is 16.9 Å². The van der Waals surface area contributed by atoms with Gasteiger partial charge in [0.05, 0.1) is 0 Å². The number of nitrogens with zero attached hydrogens (tertiary/aromatic N) is 2. The summed E-state index contributed by atoms with van der Waals surface area (Å²) in [5, 5.41) is 15.5. The van der Waals surface area contributed by atoms with Crippen LogP contribution in [0, 0.1) is 6.92 Å². The predicted molar refractivity (Wildman–Crippen MR) is 78.1 cm³/mol. The molecule has 0 fully saturated rings. The summed E-state index contributed by atoms with van der Waals surface area (Å²) < 4.78 is 7.21. The summed E-state index contributed by atoms with van der Waals surface area (Å²) in [5.41, 5.74) is 1.38. The monoisotopic (exact) mass is 289 g/mol. The van der Waals surface area contributed by atoms with Crippen LogP contribution in [0.3, 0.4) is 0 Å². The van der Waals surface area contributed by atoms with E-state index in [0.29, 0.717) is 18.7 Å². The number of rotatable bonds is 7. The second kappa shape index (κ2) is 7.44. The second-order valence-corrected chi connectivity index (χ2v) is 4.61. The molecule has 0 aliphatic heterocycles. The Morgan fingerprint density at radius 2 is 2.19 bits per heavy atom. The molecule has 2 rings (SSSR count). The third kappa shape index (κ3) is 4.32. The molecular formula is C15H19N3O3. The Hall–Kier alpha value is -2.34. The van der Waals surface area contributed by atoms with Gasteiger partial charge in [-0.25, -0.2) is 4.68 Å². The standard InChI is InChI=1S/C15H19N3O3/c1-12-5-2-3-6-14(12)21-11-18-9-7-13(17-18)15(20)16-8-4-10-19/h2-3,5-7,9,19H,4,8,10-11H2,1H3,(H,16,20). The van der Waals surface area contributed by atoms with E-state index < -0.39 is 0 Å². The summed E-state index contributed by atoms with van der Waals surface area (Å²) in [6.45, 7) is 2.70. The van der Waals surface area contributed by atoms with Gasteiger partial charge in [0.1, 0.15) is 11.4 Å². The van der Waals surface area contributed by atoms with E-state index in [2.05, 4.69) is 10.4 Å². The molecule has 2 N–H and O–H groups in total. The average molecular weight is 289 g/mol. The van der Waals surface area contributed by atoms with E-state index >= 15 is 0 Å². The highest BCUT2D eigenvalue weighted by Crippen LogP contribution is 2.16. The minimum absolute atomic E-state index is 0.0546. The summed E-state index contributed by atoms with van der Waals surface area (Å²) in [4.78, 5) is 11.8. The van der Waals surface area contributed by atoms with Crippen molar-refractivity contribution in [1.29, 1.82) is 0 Å². The third-order valence-electron chi connectivity index (χ3n) is 2.94. The lowest BCUT2D eigenvalue weighted by Gasteiger charge is -2.08. The molecule has 0 unspecified atom stereocenters. The number of aliphatic hydroxyl groups excluding tert-OH is 1. The Labute approximate surface area is 123 Å². The van der Waals surface area contributed by atoms with E-state index in [-0.39, 0.29) is 19.2 Å². The van der Waals surface area contributed by atoms with E-state index in [9.17, 15) is 4.79 Å². The zero-order valence-electron chi connectivity index (χ0n) is 12.0. The van der Waals surface area contributed by atoms with Crippen LogP contribution >= 0.6 is 0 Å². The molecule has 2 aromatic rings. The number of para-hydroxylation sites is 1. The summed E-state index contributed by atoms with van der Waals surface area (Å²) >= 11 is 0. The maximum Gasteiger partial charge on any atom is 0.271 e. The van der Waals surface area contributed by atoms with Crippen molar-refractivity contribution in [1.82, 2.24) is 15.1 Å². The Morgan fingerprint density at radius 3 is 2.95 bits per heavy atom. The summed E-state index contributed by atoms with van der Waals surface area (Å²) in [6, 6.07) is 9.35. The van der Waals surface area contributed by atoms with Crippen molar-refractivity contribution in [2.24, 2.45) is 0 Å². The van der Waals surface area contributed by atoms with Gasteiger partial charge in [-0.3, -0.25) is 4.79 Å². The van der Waals surface area contributed by atoms with Gasteiger partial charge >= 0.3 is 0 Å². The molecule has 0 saturated carbocycles. The third-order valence-corrected chi connectivity index (χ3v) is 2.94. The highest BCUT2D eigenvalue weighted by molar-refractivity contribution is 5.92. The number of aliphatic hydroxyl groups is 1. The van der Waals surface area contributed by atoms with Gasteiger partial charge in [0.2, 0.25) is 0 Å². The molecular weight excluding hydrogens is 270 g/mol. The van der Waals surface area contributed by atoms with Gasteiger partial charge < -0.3 is 15.2 Å². The number of ether oxygens (including phenoxy) is 1. The number of hydrogen-bond donors (Lipinski definition) is 2. The fourth-order valence-corrected chi connectivity index (χ4v) is 1.78. The van der Waals surface area contributed by atoms with Gasteiger partial charge in [-0.15, -0.1) is 0 Å². The van der Waals surface area contributed by atoms with E-state index in [1.807, 2.05) is 31.2 Å². The van der Waals surface area contributed by atoms with Crippen LogP contribution in [-0.2, 0) is 6.73 Å². The van der Waals surface area contributed by atoms with Crippen molar-refractivity contribution >= 4 is 5.91 Å². The van der Waals surface area contributed by atoms with Crippen LogP contribution in [-0.4, -0.2) is 33.9 Å². The lowest BCUT2D eigenvalue weighted by molar-refractivity contribution is 0.0944. The molecule has 0 saturated heterocycles. The molecule has 1 amide bonds. The first-order valence-corrected chi connectivity index (χ1v) is 6.81. The molecule has 6 heteroatoms. The smallest absolute Gasteiger partial charge is 0.271 e. The molecule has 0 aliphatic carbocycles. The number of carbonyl (C=O) groups is 1. The van der Waals surface area contributed by atoms with Crippen LogP contribution in [0.15, 0.2) is 36.5 Å². The zero-order chi connectivity index (χ0) is 15.1. The fraction of sp³-hybridized carbons (Fsp3) is 0.333. The molecule has 1 aromatic carbocycles. The minimum atomic E-state index is -0.252. The summed E-state index contributed by atoms with van der Waals surface area (Å²) in [5.74, 6) is 0.542. The van der Waals surface area contributed by atoms with Crippen LogP contribution in [0.1, 0.15) is 22.5 Å². The van der Waals surface area contributed by atoms with Crippen LogP contribution < -0.4 is 10.1 Å². The number of hydrogen-bond acceptors (Lipinski definition) is 4. The van der Waals surface area contributed by atoms with E-state index in [0.717, 1.165) is 11.3 Å². The van der Waals surface area contributed by atoms with Gasteiger partial charge in [-0.2, -0.15) is 5.10 Å². The molecule has 0 radical (unpaired) electrons. The van der Waals surface area contributed by atoms with Gasteiger partial charge in [0.15, 0.2) is 6.73 Å². The van der Waals surface area contributed by atoms with Crippen molar-refractivity contribution in [3.8, 4) is 5.75 Å². The number of aromatic nitrogens is 2. The van der Waals surface area contributed by atoms with Crippen LogP contribution in [0.2, 0.25) is 0 Å². The molecule has 0 spiro atoms. The summed E-state index contributed by atoms with van der Waals surface area (Å²) in [6.07, 6.45) is 2.22. The Bertz CT molecular complexity index is 595. The number of nitrogens with one attached hydrogen (secondary N) is 1. The van der Waals surface area contributed by atoms with Crippen molar-refractivity contribution in [3.05, 3.63) is 47.8 Å². The fourth-order valence-electron chi connectivity index (χ4n) is 1.78. The normalized spacial score (nSPS) is 10.4. The first-order valence-electron chi connectivity index (χ1n) is 6.81. The van der Waals surface area contributed by atoms with Crippen LogP contribution in [0.4, 0.5) is 0 Å². The predicted octanol–water partition coefficient (Wildman–Crippen LogP) is 1.34. The number of carbonyl (C=O) groups excluding carboxylic acids is 1. The van der Waals surface area contributed by atoms with Gasteiger partial charge in [-0.05, 0) is 31.0 Å². The molecule has 112 valence electrons. The van der Waals surface area contributed by atoms with E-state index in [1.165, 1.54) is 0 Å². The van der Waals surface area contributed by atoms with E-state index in [4.69, 9.17) is 9.84 Å². The van der Waals surface area contributed by atoms with Crippen LogP contribution in [0.25, 0.3) is 0 Å². The Morgan fingerprint density at radius 1 is 1.38 bits per heavy atom. The maximum absolute atomic E-state index is 11.8. The molecule has 1 heterocycles. The average Bonchev–Trinajstić information content (AvgIpc) is 2.95. The van der Waals surface area contributed by atoms with Crippen molar-refractivity contribution in [3.63, 3.8) is 0 Å². The topological polar surface area (TPSA) is 76.4 Å². The lowest BCUT2D eigenvalue weighted by Crippen LogP contribution is -2.25.